The van der Waals surface area contributed by atoms with Crippen LogP contribution in [0.4, 0.5) is 4.39 Å². The number of hydrogen-bond donors (Lipinski definition) is 0. The molecular weight excluding hydrogens is 401 g/mol. The van der Waals surface area contributed by atoms with Crippen molar-refractivity contribution in [3.8, 4) is 22.9 Å². The van der Waals surface area contributed by atoms with Crippen molar-refractivity contribution in [2.24, 2.45) is 0 Å². The van der Waals surface area contributed by atoms with E-state index in [1.807, 2.05) is 60.7 Å². The summed E-state index contributed by atoms with van der Waals surface area (Å²) >= 11 is 5.90. The summed E-state index contributed by atoms with van der Waals surface area (Å²) in [5.74, 6) is 0.262. The van der Waals surface area contributed by atoms with E-state index < -0.39 is 5.82 Å². The third kappa shape index (κ3) is 4.97. The Balaban J connectivity index is 1.62. The molecule has 0 saturated carbocycles. The minimum Gasteiger partial charge on any atom is -0.473 e. The van der Waals surface area contributed by atoms with Gasteiger partial charge in [-0.05, 0) is 35.4 Å². The van der Waals surface area contributed by atoms with Crippen LogP contribution in [0.1, 0.15) is 11.1 Å². The molecule has 0 radical (unpaired) electrons. The fourth-order valence-corrected chi connectivity index (χ4v) is 3.14. The van der Waals surface area contributed by atoms with E-state index in [1.165, 1.54) is 6.07 Å². The van der Waals surface area contributed by atoms with E-state index in [2.05, 4.69) is 4.98 Å². The Morgan fingerprint density at radius 3 is 1.93 bits per heavy atom. The summed E-state index contributed by atoms with van der Waals surface area (Å²) in [4.78, 5) is 4.50. The van der Waals surface area contributed by atoms with Crippen LogP contribution in [0.15, 0.2) is 91.0 Å². The summed E-state index contributed by atoms with van der Waals surface area (Å²) in [7, 11) is 0. The van der Waals surface area contributed by atoms with Crippen molar-refractivity contribution in [2.75, 3.05) is 0 Å². The van der Waals surface area contributed by atoms with E-state index in [1.54, 1.807) is 24.3 Å². The van der Waals surface area contributed by atoms with E-state index in [4.69, 9.17) is 21.1 Å². The van der Waals surface area contributed by atoms with Gasteiger partial charge in [0.25, 0.3) is 0 Å². The van der Waals surface area contributed by atoms with E-state index >= 15 is 0 Å². The van der Waals surface area contributed by atoms with E-state index in [0.29, 0.717) is 41.1 Å². The first-order valence-electron chi connectivity index (χ1n) is 9.49. The van der Waals surface area contributed by atoms with Gasteiger partial charge in [-0.15, -0.1) is 0 Å². The highest BCUT2D eigenvalue weighted by atomic mass is 35.5. The van der Waals surface area contributed by atoms with Crippen LogP contribution >= 0.6 is 11.6 Å². The molecule has 5 heteroatoms. The second kappa shape index (κ2) is 9.42. The maximum absolute atomic E-state index is 14.6. The van der Waals surface area contributed by atoms with E-state index in [9.17, 15) is 4.39 Å². The standard InChI is InChI=1S/C25H19ClFNO2/c26-20-11-12-21(23(27)15-20)22-13-14-24(29-16-18-7-3-1-4-8-18)28-25(22)30-17-19-9-5-2-6-10-19/h1-15H,16-17H2. The van der Waals surface area contributed by atoms with Crippen molar-refractivity contribution in [3.05, 3.63) is 113 Å². The number of ether oxygens (including phenoxy) is 2. The second-order valence-corrected chi connectivity index (χ2v) is 7.11. The van der Waals surface area contributed by atoms with Crippen LogP contribution in [0, 0.1) is 5.82 Å². The van der Waals surface area contributed by atoms with Gasteiger partial charge in [0.15, 0.2) is 0 Å². The van der Waals surface area contributed by atoms with Gasteiger partial charge in [-0.1, -0.05) is 72.3 Å². The molecule has 4 aromatic rings. The Labute approximate surface area is 179 Å². The molecule has 0 atom stereocenters. The molecule has 0 amide bonds. The minimum atomic E-state index is -0.438. The Morgan fingerprint density at radius 2 is 1.30 bits per heavy atom. The number of pyridine rings is 1. The Kier molecular flexibility index (Phi) is 6.26. The van der Waals surface area contributed by atoms with Crippen molar-refractivity contribution in [3.63, 3.8) is 0 Å². The lowest BCUT2D eigenvalue weighted by molar-refractivity contribution is 0.268. The van der Waals surface area contributed by atoms with Crippen LogP contribution in [0.2, 0.25) is 5.02 Å². The van der Waals surface area contributed by atoms with Gasteiger partial charge in [0.2, 0.25) is 11.8 Å². The van der Waals surface area contributed by atoms with Crippen LogP contribution < -0.4 is 9.47 Å². The molecule has 0 aliphatic carbocycles. The maximum Gasteiger partial charge on any atom is 0.225 e. The molecular formula is C25H19ClFNO2. The van der Waals surface area contributed by atoms with Gasteiger partial charge in [-0.2, -0.15) is 4.98 Å². The highest BCUT2D eigenvalue weighted by Gasteiger charge is 2.15. The van der Waals surface area contributed by atoms with Gasteiger partial charge in [-0.3, -0.25) is 0 Å². The molecule has 0 aliphatic heterocycles. The maximum atomic E-state index is 14.6. The van der Waals surface area contributed by atoms with Crippen LogP contribution in [0.3, 0.4) is 0 Å². The number of nitrogens with zero attached hydrogens (tertiary/aromatic N) is 1. The average molecular weight is 420 g/mol. The van der Waals surface area contributed by atoms with Gasteiger partial charge in [0, 0.05) is 22.2 Å². The van der Waals surface area contributed by atoms with Crippen LogP contribution in [0.25, 0.3) is 11.1 Å². The predicted molar refractivity (Wildman–Crippen MR) is 116 cm³/mol. The van der Waals surface area contributed by atoms with Gasteiger partial charge in [0.05, 0.1) is 0 Å². The van der Waals surface area contributed by atoms with Crippen LogP contribution in [-0.4, -0.2) is 4.98 Å². The highest BCUT2D eigenvalue weighted by molar-refractivity contribution is 6.30. The fourth-order valence-electron chi connectivity index (χ4n) is 2.98. The van der Waals surface area contributed by atoms with Crippen molar-refractivity contribution in [1.82, 2.24) is 4.98 Å². The zero-order valence-corrected chi connectivity index (χ0v) is 16.9. The molecule has 0 fully saturated rings. The minimum absolute atomic E-state index is 0.297. The smallest absolute Gasteiger partial charge is 0.225 e. The summed E-state index contributed by atoms with van der Waals surface area (Å²) in [5, 5.41) is 0.332. The molecule has 0 aliphatic rings. The lowest BCUT2D eigenvalue weighted by Crippen LogP contribution is -2.03. The summed E-state index contributed by atoms with van der Waals surface area (Å²) < 4.78 is 26.3. The lowest BCUT2D eigenvalue weighted by atomic mass is 10.1. The molecule has 4 rings (SSSR count). The Hall–Kier alpha value is -3.37. The summed E-state index contributed by atoms with van der Waals surface area (Å²) in [6.07, 6.45) is 0. The van der Waals surface area contributed by atoms with Crippen LogP contribution in [-0.2, 0) is 13.2 Å². The number of hydrogen-bond acceptors (Lipinski definition) is 3. The Morgan fingerprint density at radius 1 is 0.700 bits per heavy atom. The predicted octanol–water partition coefficient (Wildman–Crippen LogP) is 6.70. The summed E-state index contributed by atoms with van der Waals surface area (Å²) in [5.41, 5.74) is 2.91. The Bertz CT molecular complexity index is 1120. The molecule has 0 bridgehead atoms. The number of halogens is 2. The first-order valence-corrected chi connectivity index (χ1v) is 9.87. The normalized spacial score (nSPS) is 10.6. The monoisotopic (exact) mass is 419 g/mol. The molecule has 0 N–H and O–H groups in total. The lowest BCUT2D eigenvalue weighted by Gasteiger charge is -2.14. The van der Waals surface area contributed by atoms with Crippen molar-refractivity contribution in [2.45, 2.75) is 13.2 Å². The van der Waals surface area contributed by atoms with Gasteiger partial charge in [0.1, 0.15) is 19.0 Å². The SMILES string of the molecule is Fc1cc(Cl)ccc1-c1ccc(OCc2ccccc2)nc1OCc1ccccc1. The molecule has 1 heterocycles. The molecule has 1 aromatic heterocycles. The highest BCUT2D eigenvalue weighted by Crippen LogP contribution is 2.34. The molecule has 30 heavy (non-hydrogen) atoms. The fraction of sp³-hybridized carbons (Fsp3) is 0.0800. The average Bonchev–Trinajstić information content (AvgIpc) is 2.78. The van der Waals surface area contributed by atoms with Crippen molar-refractivity contribution >= 4 is 11.6 Å². The largest absolute Gasteiger partial charge is 0.473 e. The van der Waals surface area contributed by atoms with Crippen LogP contribution in [0.5, 0.6) is 11.8 Å². The second-order valence-electron chi connectivity index (χ2n) is 6.67. The first kappa shape index (κ1) is 19.9. The van der Waals surface area contributed by atoms with Gasteiger partial charge in [-0.25, -0.2) is 4.39 Å². The molecule has 150 valence electrons. The number of benzene rings is 3. The topological polar surface area (TPSA) is 31.4 Å². The third-order valence-corrected chi connectivity index (χ3v) is 4.74. The molecule has 3 aromatic carbocycles. The zero-order valence-electron chi connectivity index (χ0n) is 16.1. The van der Waals surface area contributed by atoms with Gasteiger partial charge < -0.3 is 9.47 Å². The first-order chi connectivity index (χ1) is 14.7. The molecule has 0 spiro atoms. The summed E-state index contributed by atoms with van der Waals surface area (Å²) in [6, 6.07) is 27.5. The molecule has 0 saturated heterocycles. The number of aromatic nitrogens is 1. The van der Waals surface area contributed by atoms with Crippen molar-refractivity contribution < 1.29 is 13.9 Å². The van der Waals surface area contributed by atoms with E-state index in [0.717, 1.165) is 11.1 Å². The quantitative estimate of drug-likeness (QED) is 0.334. The van der Waals surface area contributed by atoms with Gasteiger partial charge >= 0.3 is 0 Å². The molecule has 0 unspecified atom stereocenters. The molecule has 3 nitrogen and oxygen atoms in total. The third-order valence-electron chi connectivity index (χ3n) is 4.50. The zero-order chi connectivity index (χ0) is 20.8. The van der Waals surface area contributed by atoms with Crippen molar-refractivity contribution in [1.29, 1.82) is 0 Å². The van der Waals surface area contributed by atoms with E-state index in [-0.39, 0.29) is 0 Å². The summed E-state index contributed by atoms with van der Waals surface area (Å²) in [6.45, 7) is 0.679. The number of rotatable bonds is 7.